The Morgan fingerprint density at radius 2 is 2.21 bits per heavy atom. The van der Waals surface area contributed by atoms with Crippen LogP contribution in [-0.2, 0) is 0 Å². The third-order valence-corrected chi connectivity index (χ3v) is 2.68. The summed E-state index contributed by atoms with van der Waals surface area (Å²) in [5.41, 5.74) is 4.45. The van der Waals surface area contributed by atoms with Crippen LogP contribution < -0.4 is 5.73 Å². The van der Waals surface area contributed by atoms with E-state index in [1.54, 1.807) is 6.92 Å². The van der Waals surface area contributed by atoms with Crippen LogP contribution in [0.4, 0.5) is 13.2 Å². The van der Waals surface area contributed by atoms with Crippen LogP contribution in [0, 0.1) is 6.92 Å². The molecule has 1 heterocycles. The first-order valence-corrected chi connectivity index (χ1v) is 4.58. The van der Waals surface area contributed by atoms with E-state index in [1.165, 1.54) is 6.20 Å². The van der Waals surface area contributed by atoms with Gasteiger partial charge in [0.2, 0.25) is 0 Å². The van der Waals surface area contributed by atoms with Crippen molar-refractivity contribution in [3.63, 3.8) is 0 Å². The Balaban J connectivity index is 2.86. The third-order valence-electron chi connectivity index (χ3n) is 1.69. The summed E-state index contributed by atoms with van der Waals surface area (Å²) in [6, 6.07) is -1.21. The lowest BCUT2D eigenvalue weighted by molar-refractivity contribution is -0.0952. The van der Waals surface area contributed by atoms with Gasteiger partial charge in [-0.1, -0.05) is 6.58 Å². The zero-order chi connectivity index (χ0) is 10.9. The van der Waals surface area contributed by atoms with E-state index in [-0.39, 0.29) is 0 Å². The summed E-state index contributed by atoms with van der Waals surface area (Å²) < 4.78 is 36.6. The van der Waals surface area contributed by atoms with Crippen LogP contribution in [0.2, 0.25) is 0 Å². The molecule has 1 rings (SSSR count). The number of hydrogen-bond acceptors (Lipinski definition) is 3. The van der Waals surface area contributed by atoms with E-state index >= 15 is 0 Å². The highest BCUT2D eigenvalue weighted by atomic mass is 32.1. The van der Waals surface area contributed by atoms with E-state index in [4.69, 9.17) is 5.73 Å². The molecule has 0 aromatic carbocycles. The molecule has 0 saturated heterocycles. The van der Waals surface area contributed by atoms with E-state index < -0.39 is 17.8 Å². The molecule has 2 nitrogen and oxygen atoms in total. The van der Waals surface area contributed by atoms with Gasteiger partial charge in [0.15, 0.2) is 0 Å². The summed E-state index contributed by atoms with van der Waals surface area (Å²) in [5, 5.41) is 0.686. The molecule has 0 radical (unpaired) electrons. The van der Waals surface area contributed by atoms with E-state index in [2.05, 4.69) is 11.6 Å². The van der Waals surface area contributed by atoms with Gasteiger partial charge in [0, 0.05) is 16.6 Å². The number of nitrogens with zero attached hydrogens (tertiary/aromatic N) is 1. The van der Waals surface area contributed by atoms with Crippen LogP contribution in [-0.4, -0.2) is 11.2 Å². The van der Waals surface area contributed by atoms with Crippen LogP contribution in [0.15, 0.2) is 18.3 Å². The van der Waals surface area contributed by atoms with Crippen molar-refractivity contribution in [3.05, 3.63) is 28.2 Å². The van der Waals surface area contributed by atoms with Crippen LogP contribution >= 0.6 is 11.3 Å². The Hall–Kier alpha value is -0.880. The van der Waals surface area contributed by atoms with Crippen molar-refractivity contribution < 1.29 is 13.2 Å². The lowest BCUT2D eigenvalue weighted by Crippen LogP contribution is -2.22. The average Bonchev–Trinajstić information content (AvgIpc) is 2.47. The molecular formula is C8H9F3N2S. The Kier molecular flexibility index (Phi) is 2.96. The summed E-state index contributed by atoms with van der Waals surface area (Å²) in [7, 11) is 0. The van der Waals surface area contributed by atoms with Gasteiger partial charge >= 0.3 is 6.18 Å². The van der Waals surface area contributed by atoms with Gasteiger partial charge in [-0.25, -0.2) is 4.98 Å². The normalized spacial score (nSPS) is 14.1. The lowest BCUT2D eigenvalue weighted by Gasteiger charge is -2.15. The highest BCUT2D eigenvalue weighted by Gasteiger charge is 2.36. The molecule has 1 atom stereocenters. The van der Waals surface area contributed by atoms with Gasteiger partial charge in [-0.05, 0) is 6.92 Å². The van der Waals surface area contributed by atoms with Gasteiger partial charge in [0.1, 0.15) is 0 Å². The zero-order valence-electron chi connectivity index (χ0n) is 7.43. The first kappa shape index (κ1) is 11.2. The summed E-state index contributed by atoms with van der Waals surface area (Å²) >= 11 is 1.14. The number of halogens is 3. The first-order valence-electron chi connectivity index (χ1n) is 3.76. The van der Waals surface area contributed by atoms with Crippen molar-refractivity contribution >= 4 is 11.3 Å². The fraction of sp³-hybridized carbons (Fsp3) is 0.375. The SMILES string of the molecule is C=C(C(N)c1cnc(C)s1)C(F)(F)F. The number of thiazole rings is 1. The number of hydrogen-bond donors (Lipinski definition) is 1. The van der Waals surface area contributed by atoms with Crippen molar-refractivity contribution in [2.45, 2.75) is 19.1 Å². The highest BCUT2D eigenvalue weighted by molar-refractivity contribution is 7.11. The van der Waals surface area contributed by atoms with E-state index in [0.717, 1.165) is 11.3 Å². The van der Waals surface area contributed by atoms with Crippen molar-refractivity contribution in [1.29, 1.82) is 0 Å². The van der Waals surface area contributed by atoms with Crippen molar-refractivity contribution in [2.75, 3.05) is 0 Å². The molecule has 2 N–H and O–H groups in total. The average molecular weight is 222 g/mol. The molecule has 0 bridgehead atoms. The van der Waals surface area contributed by atoms with Crippen molar-refractivity contribution in [1.82, 2.24) is 4.98 Å². The van der Waals surface area contributed by atoms with Gasteiger partial charge in [-0.2, -0.15) is 13.2 Å². The van der Waals surface area contributed by atoms with Crippen LogP contribution in [0.1, 0.15) is 15.9 Å². The first-order chi connectivity index (χ1) is 6.32. The summed E-state index contributed by atoms with van der Waals surface area (Å²) in [4.78, 5) is 4.21. The quantitative estimate of drug-likeness (QED) is 0.781. The monoisotopic (exact) mass is 222 g/mol. The molecule has 1 aromatic heterocycles. The molecule has 0 amide bonds. The number of aryl methyl sites for hydroxylation is 1. The van der Waals surface area contributed by atoms with E-state index in [1.807, 2.05) is 0 Å². The van der Waals surface area contributed by atoms with E-state index in [9.17, 15) is 13.2 Å². The molecule has 0 aliphatic rings. The second kappa shape index (κ2) is 3.70. The number of nitrogens with two attached hydrogens (primary N) is 1. The molecule has 1 unspecified atom stereocenters. The third kappa shape index (κ3) is 2.33. The Bertz CT molecular complexity index is 343. The van der Waals surface area contributed by atoms with Crippen LogP contribution in [0.5, 0.6) is 0 Å². The highest BCUT2D eigenvalue weighted by Crippen LogP contribution is 2.34. The minimum absolute atomic E-state index is 0.379. The molecular weight excluding hydrogens is 213 g/mol. The fourth-order valence-corrected chi connectivity index (χ4v) is 1.69. The number of alkyl halides is 3. The van der Waals surface area contributed by atoms with Gasteiger partial charge in [0.25, 0.3) is 0 Å². The van der Waals surface area contributed by atoms with Gasteiger partial charge in [0.05, 0.1) is 11.0 Å². The standard InChI is InChI=1S/C8H9F3N2S/c1-4(8(9,10)11)7(12)6-3-13-5(2)14-6/h3,7H,1,12H2,2H3. The van der Waals surface area contributed by atoms with Crippen LogP contribution in [0.3, 0.4) is 0 Å². The van der Waals surface area contributed by atoms with E-state index in [0.29, 0.717) is 9.88 Å². The topological polar surface area (TPSA) is 38.9 Å². The molecule has 0 spiro atoms. The van der Waals surface area contributed by atoms with Crippen molar-refractivity contribution in [3.8, 4) is 0 Å². The largest absolute Gasteiger partial charge is 0.413 e. The van der Waals surface area contributed by atoms with Gasteiger partial charge in [-0.15, -0.1) is 11.3 Å². The Morgan fingerprint density at radius 3 is 2.57 bits per heavy atom. The summed E-state index contributed by atoms with van der Waals surface area (Å²) in [5.74, 6) is 0. The maximum atomic E-state index is 12.2. The molecule has 0 aliphatic heterocycles. The second-order valence-electron chi connectivity index (χ2n) is 2.78. The second-order valence-corrected chi connectivity index (χ2v) is 4.05. The Morgan fingerprint density at radius 1 is 1.64 bits per heavy atom. The molecule has 0 fully saturated rings. The molecule has 6 heteroatoms. The van der Waals surface area contributed by atoms with Gasteiger partial charge in [-0.3, -0.25) is 0 Å². The molecule has 1 aromatic rings. The fourth-order valence-electron chi connectivity index (χ4n) is 0.870. The summed E-state index contributed by atoms with van der Waals surface area (Å²) in [6.45, 7) is 4.65. The predicted molar refractivity (Wildman–Crippen MR) is 49.0 cm³/mol. The molecule has 78 valence electrons. The lowest BCUT2D eigenvalue weighted by atomic mass is 10.1. The molecule has 14 heavy (non-hydrogen) atoms. The summed E-state index contributed by atoms with van der Waals surface area (Å²) in [6.07, 6.45) is -3.10. The molecule has 0 aliphatic carbocycles. The van der Waals surface area contributed by atoms with Crippen molar-refractivity contribution in [2.24, 2.45) is 5.73 Å². The number of rotatable bonds is 2. The number of aromatic nitrogens is 1. The minimum Gasteiger partial charge on any atom is -0.320 e. The minimum atomic E-state index is -4.45. The zero-order valence-corrected chi connectivity index (χ0v) is 8.25. The molecule has 0 saturated carbocycles. The maximum Gasteiger partial charge on any atom is 0.413 e. The smallest absolute Gasteiger partial charge is 0.320 e. The predicted octanol–water partition coefficient (Wildman–Crippen LogP) is 2.57. The van der Waals surface area contributed by atoms with Crippen LogP contribution in [0.25, 0.3) is 0 Å². The maximum absolute atomic E-state index is 12.2. The van der Waals surface area contributed by atoms with Gasteiger partial charge < -0.3 is 5.73 Å². The Labute approximate surface area is 83.3 Å².